The van der Waals surface area contributed by atoms with E-state index in [1.807, 2.05) is 33.9 Å². The number of nitrogens with one attached hydrogen (secondary N) is 1. The molecule has 0 saturated heterocycles. The summed E-state index contributed by atoms with van der Waals surface area (Å²) < 4.78 is 14.8. The fourth-order valence-corrected chi connectivity index (χ4v) is 2.33. The number of nitrogens with zero attached hydrogens (tertiary/aromatic N) is 2. The summed E-state index contributed by atoms with van der Waals surface area (Å²) in [6.07, 6.45) is 1.45. The standard InChI is InChI=1S/C17H24FN3O/c1-11(2)17(22)10-19-12(3)16-9-20-21(13(16)4)15-7-5-14(18)6-8-15/h5-9,11-12,17,19,22H,10H2,1-4H3. The first-order chi connectivity index (χ1) is 10.4. The van der Waals surface area contributed by atoms with E-state index in [2.05, 4.69) is 10.4 Å². The van der Waals surface area contributed by atoms with Crippen LogP contribution < -0.4 is 5.32 Å². The maximum Gasteiger partial charge on any atom is 0.123 e. The molecular formula is C17H24FN3O. The molecule has 2 rings (SSSR count). The third-order valence-electron chi connectivity index (χ3n) is 3.99. The van der Waals surface area contributed by atoms with Crippen LogP contribution in [-0.2, 0) is 0 Å². The van der Waals surface area contributed by atoms with Gasteiger partial charge in [-0.3, -0.25) is 0 Å². The van der Waals surface area contributed by atoms with Crippen molar-refractivity contribution >= 4 is 0 Å². The Bertz CT molecular complexity index is 607. The van der Waals surface area contributed by atoms with Gasteiger partial charge in [-0.15, -0.1) is 0 Å². The minimum absolute atomic E-state index is 0.0857. The summed E-state index contributed by atoms with van der Waals surface area (Å²) in [5, 5.41) is 17.6. The normalized spacial score (nSPS) is 14.3. The predicted molar refractivity (Wildman–Crippen MR) is 85.5 cm³/mol. The quantitative estimate of drug-likeness (QED) is 0.862. The van der Waals surface area contributed by atoms with E-state index in [1.54, 1.807) is 16.8 Å². The van der Waals surface area contributed by atoms with Crippen LogP contribution in [0.5, 0.6) is 0 Å². The van der Waals surface area contributed by atoms with Crippen LogP contribution >= 0.6 is 0 Å². The molecule has 22 heavy (non-hydrogen) atoms. The average Bonchev–Trinajstić information content (AvgIpc) is 2.87. The molecule has 2 aromatic rings. The summed E-state index contributed by atoms with van der Waals surface area (Å²) in [4.78, 5) is 0. The summed E-state index contributed by atoms with van der Waals surface area (Å²) in [6.45, 7) is 8.57. The Hall–Kier alpha value is -1.72. The fourth-order valence-electron chi connectivity index (χ4n) is 2.33. The number of aliphatic hydroxyl groups is 1. The summed E-state index contributed by atoms with van der Waals surface area (Å²) in [5.41, 5.74) is 2.91. The van der Waals surface area contributed by atoms with Crippen LogP contribution in [0.2, 0.25) is 0 Å². The number of benzene rings is 1. The topological polar surface area (TPSA) is 50.1 Å². The molecule has 120 valence electrons. The lowest BCUT2D eigenvalue weighted by Crippen LogP contribution is -2.32. The molecule has 2 atom stereocenters. The van der Waals surface area contributed by atoms with Crippen LogP contribution in [0.15, 0.2) is 30.5 Å². The van der Waals surface area contributed by atoms with Crippen LogP contribution in [0.4, 0.5) is 4.39 Å². The van der Waals surface area contributed by atoms with Gasteiger partial charge >= 0.3 is 0 Å². The molecule has 4 nitrogen and oxygen atoms in total. The number of aliphatic hydroxyl groups excluding tert-OH is 1. The van der Waals surface area contributed by atoms with E-state index < -0.39 is 0 Å². The second-order valence-corrected chi connectivity index (χ2v) is 6.01. The second-order valence-electron chi connectivity index (χ2n) is 6.01. The Kier molecular flexibility index (Phi) is 5.32. The monoisotopic (exact) mass is 305 g/mol. The van der Waals surface area contributed by atoms with E-state index in [9.17, 15) is 9.50 Å². The predicted octanol–water partition coefficient (Wildman–Crippen LogP) is 2.99. The largest absolute Gasteiger partial charge is 0.392 e. The highest BCUT2D eigenvalue weighted by molar-refractivity contribution is 5.35. The van der Waals surface area contributed by atoms with Crippen molar-refractivity contribution < 1.29 is 9.50 Å². The highest BCUT2D eigenvalue weighted by Crippen LogP contribution is 2.20. The molecule has 0 radical (unpaired) electrons. The summed E-state index contributed by atoms with van der Waals surface area (Å²) >= 11 is 0. The van der Waals surface area contributed by atoms with Gasteiger partial charge in [0, 0.05) is 23.8 Å². The first-order valence-corrected chi connectivity index (χ1v) is 7.62. The average molecular weight is 305 g/mol. The van der Waals surface area contributed by atoms with E-state index in [0.717, 1.165) is 16.9 Å². The van der Waals surface area contributed by atoms with Gasteiger partial charge in [0.15, 0.2) is 0 Å². The maximum atomic E-state index is 13.0. The van der Waals surface area contributed by atoms with Crippen molar-refractivity contribution in [2.24, 2.45) is 5.92 Å². The van der Waals surface area contributed by atoms with Gasteiger partial charge in [-0.25, -0.2) is 9.07 Å². The molecule has 0 aliphatic heterocycles. The zero-order valence-corrected chi connectivity index (χ0v) is 13.5. The van der Waals surface area contributed by atoms with Gasteiger partial charge < -0.3 is 10.4 Å². The summed E-state index contributed by atoms with van der Waals surface area (Å²) in [6, 6.07) is 6.36. The van der Waals surface area contributed by atoms with Crippen molar-refractivity contribution in [3.8, 4) is 5.69 Å². The van der Waals surface area contributed by atoms with Gasteiger partial charge in [-0.2, -0.15) is 5.10 Å². The summed E-state index contributed by atoms with van der Waals surface area (Å²) in [7, 11) is 0. The number of hydrogen-bond donors (Lipinski definition) is 2. The molecule has 1 aromatic carbocycles. The molecule has 2 unspecified atom stereocenters. The smallest absolute Gasteiger partial charge is 0.123 e. The second kappa shape index (κ2) is 7.03. The van der Waals surface area contributed by atoms with E-state index in [1.165, 1.54) is 12.1 Å². The molecule has 0 amide bonds. The van der Waals surface area contributed by atoms with Crippen molar-refractivity contribution in [2.45, 2.75) is 39.8 Å². The van der Waals surface area contributed by atoms with Crippen LogP contribution in [0.1, 0.15) is 38.1 Å². The molecule has 0 spiro atoms. The molecule has 1 heterocycles. The van der Waals surface area contributed by atoms with Crippen LogP contribution in [0.3, 0.4) is 0 Å². The number of halogens is 1. The fraction of sp³-hybridized carbons (Fsp3) is 0.471. The lowest BCUT2D eigenvalue weighted by Gasteiger charge is -2.19. The molecule has 0 aliphatic rings. The van der Waals surface area contributed by atoms with Gasteiger partial charge in [0.1, 0.15) is 5.82 Å². The Morgan fingerprint density at radius 2 is 1.86 bits per heavy atom. The zero-order valence-electron chi connectivity index (χ0n) is 13.5. The highest BCUT2D eigenvalue weighted by Gasteiger charge is 2.16. The van der Waals surface area contributed by atoms with Crippen LogP contribution in [0, 0.1) is 18.7 Å². The van der Waals surface area contributed by atoms with Gasteiger partial charge in [0.05, 0.1) is 18.0 Å². The minimum atomic E-state index is -0.366. The molecule has 1 aromatic heterocycles. The molecule has 0 aliphatic carbocycles. The number of aromatic nitrogens is 2. The van der Waals surface area contributed by atoms with Gasteiger partial charge in [-0.05, 0) is 44.0 Å². The molecular weight excluding hydrogens is 281 g/mol. The maximum absolute atomic E-state index is 13.0. The first kappa shape index (κ1) is 16.6. The van der Waals surface area contributed by atoms with E-state index in [0.29, 0.717) is 6.54 Å². The third kappa shape index (κ3) is 3.72. The Morgan fingerprint density at radius 1 is 1.23 bits per heavy atom. The van der Waals surface area contributed by atoms with Crippen LogP contribution in [0.25, 0.3) is 5.69 Å². The molecule has 5 heteroatoms. The van der Waals surface area contributed by atoms with E-state index >= 15 is 0 Å². The molecule has 0 fully saturated rings. The molecule has 2 N–H and O–H groups in total. The lowest BCUT2D eigenvalue weighted by molar-refractivity contribution is 0.120. The first-order valence-electron chi connectivity index (χ1n) is 7.62. The van der Waals surface area contributed by atoms with Gasteiger partial charge in [-0.1, -0.05) is 13.8 Å². The van der Waals surface area contributed by atoms with E-state index in [4.69, 9.17) is 0 Å². The van der Waals surface area contributed by atoms with Crippen molar-refractivity contribution in [2.75, 3.05) is 6.54 Å². The highest BCUT2D eigenvalue weighted by atomic mass is 19.1. The van der Waals surface area contributed by atoms with E-state index in [-0.39, 0.29) is 23.9 Å². The van der Waals surface area contributed by atoms with Crippen molar-refractivity contribution in [3.63, 3.8) is 0 Å². The Balaban J connectivity index is 2.11. The van der Waals surface area contributed by atoms with Crippen molar-refractivity contribution in [1.29, 1.82) is 0 Å². The zero-order chi connectivity index (χ0) is 16.3. The summed E-state index contributed by atoms with van der Waals surface area (Å²) in [5.74, 6) is -0.0331. The third-order valence-corrected chi connectivity index (χ3v) is 3.99. The number of hydrogen-bond acceptors (Lipinski definition) is 3. The minimum Gasteiger partial charge on any atom is -0.392 e. The molecule has 0 saturated carbocycles. The van der Waals surface area contributed by atoms with Crippen molar-refractivity contribution in [3.05, 3.63) is 47.5 Å². The number of rotatable bonds is 6. The lowest BCUT2D eigenvalue weighted by atomic mass is 10.1. The van der Waals surface area contributed by atoms with Crippen molar-refractivity contribution in [1.82, 2.24) is 15.1 Å². The molecule has 0 bridgehead atoms. The van der Waals surface area contributed by atoms with Crippen LogP contribution in [-0.4, -0.2) is 27.5 Å². The Labute approximate surface area is 131 Å². The van der Waals surface area contributed by atoms with Gasteiger partial charge in [0.25, 0.3) is 0 Å². The Morgan fingerprint density at radius 3 is 2.45 bits per heavy atom. The SMILES string of the molecule is Cc1c(C(C)NCC(O)C(C)C)cnn1-c1ccc(F)cc1. The van der Waals surface area contributed by atoms with Gasteiger partial charge in [0.2, 0.25) is 0 Å².